The molecule has 2 saturated heterocycles. The van der Waals surface area contributed by atoms with Gasteiger partial charge >= 0.3 is 6.09 Å². The number of cyclic esters (lactones) is 1. The van der Waals surface area contributed by atoms with E-state index >= 15 is 0 Å². The lowest BCUT2D eigenvalue weighted by Gasteiger charge is -2.29. The van der Waals surface area contributed by atoms with E-state index in [4.69, 9.17) is 9.47 Å². The molecule has 30 heavy (non-hydrogen) atoms. The van der Waals surface area contributed by atoms with E-state index in [9.17, 15) is 14.0 Å². The second-order valence-electron chi connectivity index (χ2n) is 6.99. The number of para-hydroxylation sites is 1. The summed E-state index contributed by atoms with van der Waals surface area (Å²) in [7, 11) is 1.72. The second-order valence-corrected chi connectivity index (χ2v) is 6.99. The van der Waals surface area contributed by atoms with Crippen molar-refractivity contribution in [3.05, 3.63) is 53.8 Å². The summed E-state index contributed by atoms with van der Waals surface area (Å²) in [6.45, 7) is 2.42. The fourth-order valence-corrected chi connectivity index (χ4v) is 3.60. The number of amides is 2. The van der Waals surface area contributed by atoms with Gasteiger partial charge in [0.15, 0.2) is 6.23 Å². The van der Waals surface area contributed by atoms with Gasteiger partial charge in [0.2, 0.25) is 0 Å². The van der Waals surface area contributed by atoms with Gasteiger partial charge in [-0.15, -0.1) is 0 Å². The molecule has 2 aliphatic rings. The van der Waals surface area contributed by atoms with Gasteiger partial charge in [-0.1, -0.05) is 12.1 Å². The molecule has 2 aliphatic heterocycles. The molecule has 9 heteroatoms. The van der Waals surface area contributed by atoms with Crippen molar-refractivity contribution in [1.29, 1.82) is 0 Å². The number of rotatable bonds is 5. The highest BCUT2D eigenvalue weighted by Gasteiger charge is 2.34. The summed E-state index contributed by atoms with van der Waals surface area (Å²) in [4.78, 5) is 28.1. The molecule has 8 nitrogen and oxygen atoms in total. The average Bonchev–Trinajstić information content (AvgIpc) is 3.14. The van der Waals surface area contributed by atoms with Crippen LogP contribution in [0, 0.1) is 5.82 Å². The number of nitrogens with one attached hydrogen (secondary N) is 2. The minimum Gasteiger partial charge on any atom is -0.423 e. The predicted molar refractivity (Wildman–Crippen MR) is 111 cm³/mol. The third-order valence-corrected chi connectivity index (χ3v) is 5.14. The van der Waals surface area contributed by atoms with Crippen molar-refractivity contribution in [2.24, 2.45) is 0 Å². The van der Waals surface area contributed by atoms with Crippen LogP contribution >= 0.6 is 0 Å². The number of carbonyl (C=O) groups excluding carboxylic acids is 2. The number of carbonyl (C=O) groups is 2. The van der Waals surface area contributed by atoms with Crippen LogP contribution in [0.25, 0.3) is 0 Å². The van der Waals surface area contributed by atoms with Crippen molar-refractivity contribution in [2.45, 2.75) is 6.23 Å². The summed E-state index contributed by atoms with van der Waals surface area (Å²) >= 11 is 0. The third-order valence-electron chi connectivity index (χ3n) is 5.14. The largest absolute Gasteiger partial charge is 0.423 e. The fraction of sp³-hybridized carbons (Fsp3) is 0.333. The van der Waals surface area contributed by atoms with Crippen LogP contribution < -0.4 is 20.4 Å². The molecule has 2 heterocycles. The minimum atomic E-state index is -0.836. The average molecular weight is 414 g/mol. The van der Waals surface area contributed by atoms with Crippen molar-refractivity contribution in [2.75, 3.05) is 55.0 Å². The van der Waals surface area contributed by atoms with Gasteiger partial charge in [0.1, 0.15) is 5.82 Å². The van der Waals surface area contributed by atoms with Crippen molar-refractivity contribution in [3.63, 3.8) is 0 Å². The number of hydrogen-bond acceptors (Lipinski definition) is 6. The zero-order chi connectivity index (χ0) is 21.1. The first-order chi connectivity index (χ1) is 14.6. The third kappa shape index (κ3) is 4.02. The Balaban J connectivity index is 1.44. The smallest absolute Gasteiger partial charge is 0.416 e. The van der Waals surface area contributed by atoms with Gasteiger partial charge in [0, 0.05) is 25.8 Å². The van der Waals surface area contributed by atoms with Crippen LogP contribution in [-0.2, 0) is 9.47 Å². The van der Waals surface area contributed by atoms with Crippen molar-refractivity contribution < 1.29 is 23.5 Å². The van der Waals surface area contributed by atoms with E-state index in [0.29, 0.717) is 48.9 Å². The molecule has 2 fully saturated rings. The first-order valence-corrected chi connectivity index (χ1v) is 9.75. The molecule has 4 rings (SSSR count). The maximum Gasteiger partial charge on any atom is 0.416 e. The van der Waals surface area contributed by atoms with E-state index in [-0.39, 0.29) is 12.5 Å². The summed E-state index contributed by atoms with van der Waals surface area (Å²) in [5.74, 6) is -0.786. The molecule has 2 aromatic rings. The molecule has 0 unspecified atom stereocenters. The Morgan fingerprint density at radius 2 is 1.93 bits per heavy atom. The van der Waals surface area contributed by atoms with Gasteiger partial charge in [0.05, 0.1) is 36.7 Å². The topological polar surface area (TPSA) is 83.1 Å². The van der Waals surface area contributed by atoms with E-state index in [2.05, 4.69) is 10.6 Å². The van der Waals surface area contributed by atoms with Crippen LogP contribution in [0.4, 0.5) is 26.2 Å². The number of nitrogens with zero attached hydrogens (tertiary/aromatic N) is 2. The highest BCUT2D eigenvalue weighted by Crippen LogP contribution is 2.28. The van der Waals surface area contributed by atoms with E-state index in [1.54, 1.807) is 37.4 Å². The lowest BCUT2D eigenvalue weighted by molar-refractivity contribution is 0.0804. The standard InChI is InChI=1S/C21H23FN4O4/c1-23-17-5-3-2-4-15(17)20(27)24-19-13-26(21(28)30-19)14-6-7-18(16(22)12-14)25-8-10-29-11-9-25/h2-7,12,19,23H,8-11,13H2,1H3,(H,24,27)/t19-/m1/s1. The van der Waals surface area contributed by atoms with E-state index < -0.39 is 18.1 Å². The monoisotopic (exact) mass is 414 g/mol. The Hall–Kier alpha value is -3.33. The summed E-state index contributed by atoms with van der Waals surface area (Å²) in [5, 5.41) is 5.65. The van der Waals surface area contributed by atoms with Crippen LogP contribution in [-0.4, -0.2) is 58.1 Å². The Labute approximate surface area is 173 Å². The Morgan fingerprint density at radius 1 is 1.17 bits per heavy atom. The van der Waals surface area contributed by atoms with Crippen LogP contribution in [0.3, 0.4) is 0 Å². The normalized spacial score (nSPS) is 18.9. The second kappa shape index (κ2) is 8.58. The van der Waals surface area contributed by atoms with Crippen LogP contribution in [0.1, 0.15) is 10.4 Å². The van der Waals surface area contributed by atoms with Crippen molar-refractivity contribution in [3.8, 4) is 0 Å². The van der Waals surface area contributed by atoms with E-state index in [1.165, 1.54) is 11.0 Å². The molecule has 2 N–H and O–H groups in total. The minimum absolute atomic E-state index is 0.0859. The molecule has 0 aromatic heterocycles. The molecule has 0 radical (unpaired) electrons. The molecule has 0 spiro atoms. The molecule has 2 amide bonds. The van der Waals surface area contributed by atoms with Gasteiger partial charge in [-0.05, 0) is 30.3 Å². The van der Waals surface area contributed by atoms with Gasteiger partial charge in [-0.2, -0.15) is 0 Å². The SMILES string of the molecule is CNc1ccccc1C(=O)N[C@H]1CN(c2ccc(N3CCOCC3)c(F)c2)C(=O)O1. The molecular formula is C21H23FN4O4. The number of anilines is 3. The fourth-order valence-electron chi connectivity index (χ4n) is 3.60. The van der Waals surface area contributed by atoms with E-state index in [0.717, 1.165) is 0 Å². The summed E-state index contributed by atoms with van der Waals surface area (Å²) in [5.41, 5.74) is 1.96. The molecule has 0 aliphatic carbocycles. The number of hydrogen-bond donors (Lipinski definition) is 2. The molecular weight excluding hydrogens is 391 g/mol. The Kier molecular flexibility index (Phi) is 5.71. The highest BCUT2D eigenvalue weighted by molar-refractivity contribution is 6.00. The number of benzene rings is 2. The quantitative estimate of drug-likeness (QED) is 0.782. The maximum absolute atomic E-state index is 14.7. The van der Waals surface area contributed by atoms with Crippen molar-refractivity contribution >= 4 is 29.1 Å². The number of morpholine rings is 1. The molecule has 1 atom stereocenters. The summed E-state index contributed by atoms with van der Waals surface area (Å²) in [6.07, 6.45) is -1.47. The molecule has 2 aromatic carbocycles. The lowest BCUT2D eigenvalue weighted by Crippen LogP contribution is -2.38. The van der Waals surface area contributed by atoms with Crippen LogP contribution in [0.5, 0.6) is 0 Å². The zero-order valence-electron chi connectivity index (χ0n) is 16.6. The van der Waals surface area contributed by atoms with Crippen LogP contribution in [0.2, 0.25) is 0 Å². The lowest BCUT2D eigenvalue weighted by atomic mass is 10.1. The van der Waals surface area contributed by atoms with Gasteiger partial charge in [0.25, 0.3) is 5.91 Å². The van der Waals surface area contributed by atoms with E-state index in [1.807, 2.05) is 11.0 Å². The number of halogens is 1. The maximum atomic E-state index is 14.7. The molecule has 0 saturated carbocycles. The number of ether oxygens (including phenoxy) is 2. The Morgan fingerprint density at radius 3 is 2.67 bits per heavy atom. The van der Waals surface area contributed by atoms with Crippen LogP contribution in [0.15, 0.2) is 42.5 Å². The van der Waals surface area contributed by atoms with Gasteiger partial charge in [-0.3, -0.25) is 9.69 Å². The Bertz CT molecular complexity index is 948. The molecule has 0 bridgehead atoms. The zero-order valence-corrected chi connectivity index (χ0v) is 16.6. The molecule has 158 valence electrons. The predicted octanol–water partition coefficient (Wildman–Crippen LogP) is 2.42. The van der Waals surface area contributed by atoms with Gasteiger partial charge in [-0.25, -0.2) is 9.18 Å². The first-order valence-electron chi connectivity index (χ1n) is 9.75. The van der Waals surface area contributed by atoms with Crippen molar-refractivity contribution in [1.82, 2.24) is 5.32 Å². The van der Waals surface area contributed by atoms with Gasteiger partial charge < -0.3 is 25.0 Å². The summed E-state index contributed by atoms with van der Waals surface area (Å²) in [6, 6.07) is 11.7. The first kappa shape index (κ1) is 20.0. The summed E-state index contributed by atoms with van der Waals surface area (Å²) < 4.78 is 25.3. The highest BCUT2D eigenvalue weighted by atomic mass is 19.1.